The molecule has 0 fully saturated rings. The van der Waals surface area contributed by atoms with Gasteiger partial charge in [-0.2, -0.15) is 0 Å². The number of fused-ring (bicyclic) bond motifs is 1. The first-order valence-corrected chi connectivity index (χ1v) is 4.94. The SMILES string of the molecule is CCOc1cc2c(=O)[nH]c(C)nc2cc1F. The molecule has 2 rings (SSSR count). The van der Waals surface area contributed by atoms with Crippen LogP contribution in [0, 0.1) is 12.7 Å². The summed E-state index contributed by atoms with van der Waals surface area (Å²) in [5, 5.41) is 0.329. The van der Waals surface area contributed by atoms with E-state index in [1.807, 2.05) is 0 Å². The van der Waals surface area contributed by atoms with Gasteiger partial charge in [-0.25, -0.2) is 9.37 Å². The standard InChI is InChI=1S/C11H11FN2O2/c1-3-16-10-4-7-9(5-8(10)12)13-6(2)14-11(7)15/h4-5H,3H2,1-2H3,(H,13,14,15). The summed E-state index contributed by atoms with van der Waals surface area (Å²) >= 11 is 0. The molecule has 4 nitrogen and oxygen atoms in total. The number of benzene rings is 1. The summed E-state index contributed by atoms with van der Waals surface area (Å²) < 4.78 is 18.6. The van der Waals surface area contributed by atoms with Crippen LogP contribution in [0.15, 0.2) is 16.9 Å². The summed E-state index contributed by atoms with van der Waals surface area (Å²) in [7, 11) is 0. The fourth-order valence-corrected chi connectivity index (χ4v) is 1.52. The maximum Gasteiger partial charge on any atom is 0.258 e. The minimum Gasteiger partial charge on any atom is -0.491 e. The number of ether oxygens (including phenoxy) is 1. The fraction of sp³-hybridized carbons (Fsp3) is 0.273. The van der Waals surface area contributed by atoms with E-state index in [0.717, 1.165) is 0 Å². The number of aryl methyl sites for hydroxylation is 1. The summed E-state index contributed by atoms with van der Waals surface area (Å²) in [5.41, 5.74) is 0.0469. The van der Waals surface area contributed by atoms with Crippen LogP contribution >= 0.6 is 0 Å². The molecule has 1 aromatic heterocycles. The van der Waals surface area contributed by atoms with Crippen molar-refractivity contribution in [1.82, 2.24) is 9.97 Å². The summed E-state index contributed by atoms with van der Waals surface area (Å²) in [6.45, 7) is 3.75. The highest BCUT2D eigenvalue weighted by molar-refractivity contribution is 5.79. The molecule has 0 saturated carbocycles. The second-order valence-electron chi connectivity index (χ2n) is 3.38. The van der Waals surface area contributed by atoms with Gasteiger partial charge in [-0.15, -0.1) is 0 Å². The van der Waals surface area contributed by atoms with Crippen molar-refractivity contribution in [2.75, 3.05) is 6.61 Å². The Labute approximate surface area is 91.1 Å². The van der Waals surface area contributed by atoms with Crippen LogP contribution in [0.1, 0.15) is 12.7 Å². The molecule has 0 aliphatic heterocycles. The van der Waals surface area contributed by atoms with Gasteiger partial charge in [0.05, 0.1) is 17.5 Å². The maximum absolute atomic E-state index is 13.5. The molecule has 16 heavy (non-hydrogen) atoms. The highest BCUT2D eigenvalue weighted by Crippen LogP contribution is 2.21. The molecule has 0 radical (unpaired) electrons. The number of aromatic nitrogens is 2. The molecule has 0 saturated heterocycles. The molecule has 0 aliphatic rings. The summed E-state index contributed by atoms with van der Waals surface area (Å²) in [6, 6.07) is 2.59. The zero-order valence-corrected chi connectivity index (χ0v) is 9.00. The molecule has 0 atom stereocenters. The van der Waals surface area contributed by atoms with Gasteiger partial charge in [-0.3, -0.25) is 4.79 Å². The molecule has 1 heterocycles. The Kier molecular flexibility index (Phi) is 2.60. The lowest BCUT2D eigenvalue weighted by Crippen LogP contribution is -2.10. The van der Waals surface area contributed by atoms with E-state index < -0.39 is 5.82 Å². The second kappa shape index (κ2) is 3.92. The number of nitrogens with one attached hydrogen (secondary N) is 1. The predicted molar refractivity (Wildman–Crippen MR) is 58.2 cm³/mol. The van der Waals surface area contributed by atoms with E-state index in [-0.39, 0.29) is 11.3 Å². The van der Waals surface area contributed by atoms with Gasteiger partial charge in [-0.05, 0) is 19.9 Å². The Bertz CT molecular complexity index is 592. The zero-order chi connectivity index (χ0) is 11.7. The van der Waals surface area contributed by atoms with Crippen LogP contribution in [0.25, 0.3) is 10.9 Å². The first kappa shape index (κ1) is 10.6. The average Bonchev–Trinajstić information content (AvgIpc) is 2.20. The van der Waals surface area contributed by atoms with Crippen LogP contribution in [0.4, 0.5) is 4.39 Å². The van der Waals surface area contributed by atoms with E-state index in [1.165, 1.54) is 12.1 Å². The molecule has 84 valence electrons. The number of aromatic amines is 1. The molecule has 1 N–H and O–H groups in total. The topological polar surface area (TPSA) is 55.0 Å². The van der Waals surface area contributed by atoms with Crippen LogP contribution in [-0.4, -0.2) is 16.6 Å². The van der Waals surface area contributed by atoms with Crippen molar-refractivity contribution >= 4 is 10.9 Å². The monoisotopic (exact) mass is 222 g/mol. The van der Waals surface area contributed by atoms with E-state index in [0.29, 0.717) is 23.3 Å². The van der Waals surface area contributed by atoms with Crippen molar-refractivity contribution in [3.05, 3.63) is 34.1 Å². The average molecular weight is 222 g/mol. The molecule has 0 bridgehead atoms. The predicted octanol–water partition coefficient (Wildman–Crippen LogP) is 1.77. The minimum atomic E-state index is -0.508. The Morgan fingerprint density at radius 1 is 1.50 bits per heavy atom. The third kappa shape index (κ3) is 1.76. The highest BCUT2D eigenvalue weighted by atomic mass is 19.1. The number of rotatable bonds is 2. The molecule has 0 amide bonds. The van der Waals surface area contributed by atoms with Crippen molar-refractivity contribution in [2.45, 2.75) is 13.8 Å². The van der Waals surface area contributed by atoms with Crippen molar-refractivity contribution in [1.29, 1.82) is 0 Å². The molecule has 1 aromatic carbocycles. The number of hydrogen-bond donors (Lipinski definition) is 1. The minimum absolute atomic E-state index is 0.0751. The highest BCUT2D eigenvalue weighted by Gasteiger charge is 2.09. The number of H-pyrrole nitrogens is 1. The van der Waals surface area contributed by atoms with Gasteiger partial charge in [0.2, 0.25) is 0 Å². The third-order valence-electron chi connectivity index (χ3n) is 2.18. The second-order valence-corrected chi connectivity index (χ2v) is 3.38. The molecular weight excluding hydrogens is 211 g/mol. The van der Waals surface area contributed by atoms with Crippen molar-refractivity contribution in [2.24, 2.45) is 0 Å². The Morgan fingerprint density at radius 2 is 2.25 bits per heavy atom. The molecule has 0 spiro atoms. The van der Waals surface area contributed by atoms with Gasteiger partial charge in [0, 0.05) is 6.07 Å². The van der Waals surface area contributed by atoms with E-state index in [2.05, 4.69) is 9.97 Å². The fourth-order valence-electron chi connectivity index (χ4n) is 1.52. The number of nitrogens with zero attached hydrogens (tertiary/aromatic N) is 1. The molecule has 0 unspecified atom stereocenters. The smallest absolute Gasteiger partial charge is 0.258 e. The van der Waals surface area contributed by atoms with Crippen LogP contribution in [-0.2, 0) is 0 Å². The first-order valence-electron chi connectivity index (χ1n) is 4.94. The third-order valence-corrected chi connectivity index (χ3v) is 2.18. The maximum atomic E-state index is 13.5. The lowest BCUT2D eigenvalue weighted by atomic mass is 10.2. The Morgan fingerprint density at radius 3 is 2.94 bits per heavy atom. The van der Waals surface area contributed by atoms with Crippen LogP contribution in [0.3, 0.4) is 0 Å². The van der Waals surface area contributed by atoms with Crippen molar-refractivity contribution in [3.8, 4) is 5.75 Å². The quantitative estimate of drug-likeness (QED) is 0.842. The van der Waals surface area contributed by atoms with E-state index in [1.54, 1.807) is 13.8 Å². The molecular formula is C11H11FN2O2. The van der Waals surface area contributed by atoms with Gasteiger partial charge in [0.15, 0.2) is 11.6 Å². The van der Waals surface area contributed by atoms with E-state index >= 15 is 0 Å². The van der Waals surface area contributed by atoms with Crippen LogP contribution in [0.2, 0.25) is 0 Å². The van der Waals surface area contributed by atoms with Gasteiger partial charge in [0.25, 0.3) is 5.56 Å². The van der Waals surface area contributed by atoms with Crippen LogP contribution in [0.5, 0.6) is 5.75 Å². The summed E-state index contributed by atoms with van der Waals surface area (Å²) in [5.74, 6) is 0.0269. The van der Waals surface area contributed by atoms with Crippen LogP contribution < -0.4 is 10.3 Å². The lowest BCUT2D eigenvalue weighted by molar-refractivity contribution is 0.322. The molecule has 5 heteroatoms. The van der Waals surface area contributed by atoms with E-state index in [9.17, 15) is 9.18 Å². The van der Waals surface area contributed by atoms with Crippen molar-refractivity contribution < 1.29 is 9.13 Å². The van der Waals surface area contributed by atoms with Gasteiger partial charge in [0.1, 0.15) is 5.82 Å². The zero-order valence-electron chi connectivity index (χ0n) is 9.00. The lowest BCUT2D eigenvalue weighted by Gasteiger charge is -2.05. The molecule has 0 aliphatic carbocycles. The van der Waals surface area contributed by atoms with Gasteiger partial charge < -0.3 is 9.72 Å². The van der Waals surface area contributed by atoms with Gasteiger partial charge in [-0.1, -0.05) is 0 Å². The Hall–Kier alpha value is -1.91. The van der Waals surface area contributed by atoms with Crippen molar-refractivity contribution in [3.63, 3.8) is 0 Å². The Balaban J connectivity index is 2.74. The normalized spacial score (nSPS) is 10.7. The molecule has 2 aromatic rings. The van der Waals surface area contributed by atoms with E-state index in [4.69, 9.17) is 4.74 Å². The number of hydrogen-bond acceptors (Lipinski definition) is 3. The first-order chi connectivity index (χ1) is 7.61. The summed E-state index contributed by atoms with van der Waals surface area (Å²) in [6.07, 6.45) is 0. The largest absolute Gasteiger partial charge is 0.491 e. The summed E-state index contributed by atoms with van der Waals surface area (Å²) in [4.78, 5) is 18.2. The number of halogens is 1. The van der Waals surface area contributed by atoms with Gasteiger partial charge >= 0.3 is 0 Å².